The van der Waals surface area contributed by atoms with E-state index in [4.69, 9.17) is 30.4 Å². The van der Waals surface area contributed by atoms with Crippen LogP contribution >= 0.6 is 21.6 Å². The van der Waals surface area contributed by atoms with Crippen LogP contribution in [0.15, 0.2) is 87.0 Å². The van der Waals surface area contributed by atoms with Gasteiger partial charge in [-0.2, -0.15) is 4.98 Å². The lowest BCUT2D eigenvalue weighted by Gasteiger charge is -2.40. The summed E-state index contributed by atoms with van der Waals surface area (Å²) in [7, 11) is 4.95. The number of nitrogen functional groups attached to an aromatic ring is 1. The van der Waals surface area contributed by atoms with Crippen molar-refractivity contribution in [1.82, 2.24) is 40.4 Å². The van der Waals surface area contributed by atoms with E-state index in [0.29, 0.717) is 21.8 Å². The second-order valence-corrected chi connectivity index (χ2v) is 19.2. The fraction of sp³-hybridized carbons (Fsp3) is 0.348. The van der Waals surface area contributed by atoms with Crippen molar-refractivity contribution in [3.8, 4) is 0 Å². The number of hydrogen-bond acceptors (Lipinski definition) is 21. The smallest absolute Gasteiger partial charge is 0.411 e. The van der Waals surface area contributed by atoms with Crippen molar-refractivity contribution < 1.29 is 67.5 Å². The molecule has 2 unspecified atom stereocenters. The van der Waals surface area contributed by atoms with E-state index in [0.717, 1.165) is 10.8 Å². The van der Waals surface area contributed by atoms with Gasteiger partial charge in [-0.3, -0.25) is 33.9 Å². The molecule has 10 N–H and O–H groups in total. The normalized spacial score (nSPS) is 18.9. The highest BCUT2D eigenvalue weighted by molar-refractivity contribution is 8.76. The quantitative estimate of drug-likeness (QED) is 0.0436. The Balaban J connectivity index is 0.856. The number of fused-ring (bicyclic) bond motifs is 3. The van der Waals surface area contributed by atoms with Crippen molar-refractivity contribution in [3.05, 3.63) is 105 Å². The van der Waals surface area contributed by atoms with Crippen LogP contribution in [0.2, 0.25) is 0 Å². The summed E-state index contributed by atoms with van der Waals surface area (Å²) in [6.07, 6.45) is -1.22. The van der Waals surface area contributed by atoms with E-state index in [1.165, 1.54) is 60.1 Å². The zero-order valence-electron chi connectivity index (χ0n) is 39.9. The Hall–Kier alpha value is -8.24. The Morgan fingerprint density at radius 1 is 0.946 bits per heavy atom. The number of carboxylic acids is 2. The average molecular weight is 1060 g/mol. The number of aromatic nitrogens is 4. The Bertz CT molecular complexity index is 3040. The van der Waals surface area contributed by atoms with Gasteiger partial charge in [-0.25, -0.2) is 29.1 Å². The van der Waals surface area contributed by atoms with Gasteiger partial charge in [0.25, 0.3) is 11.5 Å². The van der Waals surface area contributed by atoms with Gasteiger partial charge < -0.3 is 61.5 Å². The van der Waals surface area contributed by atoms with Gasteiger partial charge in [-0.1, -0.05) is 33.7 Å². The van der Waals surface area contributed by atoms with Gasteiger partial charge in [0.15, 0.2) is 22.6 Å². The number of benzene rings is 2. The van der Waals surface area contributed by atoms with Crippen LogP contribution in [0.4, 0.5) is 21.2 Å². The van der Waals surface area contributed by atoms with Crippen LogP contribution < -0.4 is 33.0 Å². The first kappa shape index (κ1) is 53.6. The molecule has 5 atom stereocenters. The zero-order valence-corrected chi connectivity index (χ0v) is 41.5. The topological polar surface area (TPSA) is 380 Å². The lowest BCUT2D eigenvalue weighted by molar-refractivity contribution is -0.142. The fourth-order valence-corrected chi connectivity index (χ4v) is 10.8. The van der Waals surface area contributed by atoms with Crippen molar-refractivity contribution in [3.63, 3.8) is 0 Å². The zero-order chi connectivity index (χ0) is 53.6. The van der Waals surface area contributed by atoms with Crippen LogP contribution in [0.5, 0.6) is 0 Å². The minimum absolute atomic E-state index is 0.0113. The minimum Gasteiger partial charge on any atom is -0.492 e. The summed E-state index contributed by atoms with van der Waals surface area (Å²) in [6, 6.07) is 9.17. The summed E-state index contributed by atoms with van der Waals surface area (Å²) < 4.78 is 22.1. The van der Waals surface area contributed by atoms with Crippen molar-refractivity contribution in [2.75, 3.05) is 44.3 Å². The molecule has 74 heavy (non-hydrogen) atoms. The van der Waals surface area contributed by atoms with Crippen molar-refractivity contribution in [1.29, 1.82) is 0 Å². The van der Waals surface area contributed by atoms with Crippen LogP contribution in [0.25, 0.3) is 11.2 Å². The third kappa shape index (κ3) is 11.2. The summed E-state index contributed by atoms with van der Waals surface area (Å²) in [5.41, 5.74) is 10.6. The molecule has 7 rings (SSSR count). The van der Waals surface area contributed by atoms with E-state index in [2.05, 4.69) is 35.9 Å². The number of nitrogens with zero attached hydrogens (tertiary/aromatic N) is 5. The third-order valence-corrected chi connectivity index (χ3v) is 14.7. The lowest BCUT2D eigenvalue weighted by atomic mass is 9.82. The number of hydrogen-bond donors (Lipinski definition) is 8. The molecule has 1 aliphatic carbocycles. The summed E-state index contributed by atoms with van der Waals surface area (Å²) in [6.45, 7) is 2.42. The van der Waals surface area contributed by atoms with Crippen molar-refractivity contribution >= 4 is 91.9 Å². The molecular weight excluding hydrogens is 1010 g/mol. The fourth-order valence-electron chi connectivity index (χ4n) is 8.66. The van der Waals surface area contributed by atoms with E-state index < -0.39 is 95.9 Å². The number of H-pyrrole nitrogens is 1. The van der Waals surface area contributed by atoms with Crippen LogP contribution in [-0.4, -0.2) is 145 Å². The first-order valence-corrected chi connectivity index (χ1v) is 24.7. The third-order valence-electron chi connectivity index (χ3n) is 12.3. The van der Waals surface area contributed by atoms with Crippen LogP contribution in [-0.2, 0) is 56.1 Å². The first-order valence-electron chi connectivity index (χ1n) is 22.3. The first-order chi connectivity index (χ1) is 35.3. The van der Waals surface area contributed by atoms with E-state index in [1.54, 1.807) is 43.3 Å². The van der Waals surface area contributed by atoms with Gasteiger partial charge in [0.2, 0.25) is 23.4 Å². The molecule has 26 nitrogen and oxygen atoms in total. The number of amides is 4. The number of Topliss-reactive ketones (excluding diaryl/α,β-unsaturated/α-hetero) is 2. The van der Waals surface area contributed by atoms with Gasteiger partial charge in [-0.15, -0.1) is 0 Å². The number of rotatable bonds is 21. The highest BCUT2D eigenvalue weighted by atomic mass is 33.1. The maximum Gasteiger partial charge on any atom is 0.411 e. The maximum absolute atomic E-state index is 13.7. The van der Waals surface area contributed by atoms with Gasteiger partial charge in [0.1, 0.15) is 25.3 Å². The molecule has 28 heteroatoms. The van der Waals surface area contributed by atoms with Crippen LogP contribution in [0.1, 0.15) is 48.3 Å². The molecule has 1 fully saturated rings. The van der Waals surface area contributed by atoms with Crippen LogP contribution in [0.3, 0.4) is 0 Å². The van der Waals surface area contributed by atoms with Crippen LogP contribution in [0, 0.1) is 5.92 Å². The van der Waals surface area contributed by atoms with E-state index in [9.17, 15) is 53.4 Å². The van der Waals surface area contributed by atoms with E-state index in [-0.39, 0.29) is 77.3 Å². The highest BCUT2D eigenvalue weighted by Gasteiger charge is 2.67. The van der Waals surface area contributed by atoms with E-state index in [1.807, 2.05) is 0 Å². The molecule has 2 aliphatic heterocycles. The number of nitrogens with one attached hydrogen (secondary N) is 4. The predicted molar refractivity (Wildman–Crippen MR) is 262 cm³/mol. The molecule has 0 radical (unpaired) electrons. The molecule has 4 heterocycles. The number of ketones is 2. The SMILES string of the molecule is COC1=C(C)C(=O)C2=C(C1=O)C(COC(N)=O)[C@@]1(OC)[C@H](C)N(C(=O)OCc3ccc(SSCC(NC(=O)CC[C@H](NC(=O)c4ccc(NCc5cnc6nc(N)[nH]c(=O)c6n5)cc4)C(=O)O)C(=O)O)cc3)CN21. The average Bonchev–Trinajstić information content (AvgIpc) is 3.83. The molecule has 4 amide bonds. The number of ether oxygens (including phenoxy) is 4. The van der Waals surface area contributed by atoms with Gasteiger partial charge in [0.05, 0.1) is 49.9 Å². The molecule has 0 saturated carbocycles. The molecule has 3 aliphatic rings. The number of carbonyl (C=O) groups excluding carboxylic acids is 6. The molecule has 2 aromatic heterocycles. The standard InChI is InChI=1S/C46H49N11O15S2/c1-21-35(59)34-32(36(60)37(21)69-3)28(18-71-44(48)67)46(70-4)22(2)56(20-57(34)46)45(68)72-17-23-5-11-27(12-6-23)74-73-19-30(42(65)66)52-31(58)14-13-29(41(63)64)53-39(61)24-7-9-25(10-8-24)49-15-26-16-50-38-33(51-26)40(62)55-43(47)54-38/h5-12,16,22,28-30,49H,13-15,17-20H2,1-4H3,(H2,48,67)(H,52,58)(H,53,61)(H,63,64)(H,65,66)(H3,47,50,54,55,62)/t22-,28?,29-,30?,46-/m0/s1. The number of aromatic amines is 1. The molecule has 2 aromatic carbocycles. The summed E-state index contributed by atoms with van der Waals surface area (Å²) in [4.78, 5) is 133. The Morgan fingerprint density at radius 2 is 1.65 bits per heavy atom. The van der Waals surface area contributed by atoms with Crippen molar-refractivity contribution in [2.24, 2.45) is 11.7 Å². The molecule has 1 saturated heterocycles. The number of carbonyl (C=O) groups is 8. The molecule has 390 valence electrons. The number of primary amides is 1. The molecular formula is C46H49N11O15S2. The van der Waals surface area contributed by atoms with Gasteiger partial charge >= 0.3 is 24.1 Å². The number of methoxy groups -OCH3 is 2. The predicted octanol–water partition coefficient (Wildman–Crippen LogP) is 1.87. The summed E-state index contributed by atoms with van der Waals surface area (Å²) in [5, 5.41) is 27.5. The number of nitrogens with two attached hydrogens (primary N) is 2. The summed E-state index contributed by atoms with van der Waals surface area (Å²) >= 11 is 0. The second-order valence-electron chi connectivity index (χ2n) is 16.8. The number of aliphatic carboxylic acids is 2. The highest BCUT2D eigenvalue weighted by Crippen LogP contribution is 2.53. The Kier molecular flexibility index (Phi) is 16.4. The Labute approximate surface area is 427 Å². The monoisotopic (exact) mass is 1060 g/mol. The lowest BCUT2D eigenvalue weighted by Crippen LogP contribution is -2.56. The Morgan fingerprint density at radius 3 is 2.30 bits per heavy atom. The number of anilines is 2. The molecule has 4 aromatic rings. The van der Waals surface area contributed by atoms with Crippen molar-refractivity contribution in [2.45, 2.75) is 68.6 Å². The van der Waals surface area contributed by atoms with E-state index >= 15 is 0 Å². The molecule has 0 spiro atoms. The summed E-state index contributed by atoms with van der Waals surface area (Å²) in [5.74, 6) is -6.69. The maximum atomic E-state index is 13.7. The number of allylic oxidation sites excluding steroid dienone is 2. The largest absolute Gasteiger partial charge is 0.492 e. The van der Waals surface area contributed by atoms with Gasteiger partial charge in [0, 0.05) is 46.6 Å². The van der Waals surface area contributed by atoms with Gasteiger partial charge in [-0.05, 0) is 62.2 Å². The minimum atomic E-state index is -1.54. The second kappa shape index (κ2) is 22.7. The molecule has 0 bridgehead atoms. The number of carboxylic acid groups (broad SMARTS) is 2.